The first kappa shape index (κ1) is 14.8. The molecule has 1 unspecified atom stereocenters. The van der Waals surface area contributed by atoms with E-state index in [1.54, 1.807) is 12.1 Å². The Labute approximate surface area is 104 Å². The van der Waals surface area contributed by atoms with Crippen LogP contribution in [0.25, 0.3) is 0 Å². The number of benzene rings is 1. The highest BCUT2D eigenvalue weighted by molar-refractivity contribution is 5.30. The molecule has 0 fully saturated rings. The summed E-state index contributed by atoms with van der Waals surface area (Å²) >= 11 is 0. The van der Waals surface area contributed by atoms with Crippen LogP contribution in [0.3, 0.4) is 0 Å². The highest BCUT2D eigenvalue weighted by Crippen LogP contribution is 2.31. The van der Waals surface area contributed by atoms with Gasteiger partial charge in [-0.1, -0.05) is 12.1 Å². The van der Waals surface area contributed by atoms with Crippen LogP contribution >= 0.6 is 0 Å². The zero-order chi connectivity index (χ0) is 14.0. The van der Waals surface area contributed by atoms with Gasteiger partial charge in [-0.05, 0) is 38.5 Å². The number of ether oxygens (including phenoxy) is 1. The van der Waals surface area contributed by atoms with Gasteiger partial charge in [-0.25, -0.2) is 0 Å². The third kappa shape index (κ3) is 5.40. The van der Waals surface area contributed by atoms with Crippen molar-refractivity contribution in [1.82, 2.24) is 0 Å². The summed E-state index contributed by atoms with van der Waals surface area (Å²) in [6.45, 7) is 5.52. The van der Waals surface area contributed by atoms with E-state index in [0.717, 1.165) is 0 Å². The number of halogens is 3. The highest BCUT2D eigenvalue weighted by Gasteiger charge is 2.31. The fourth-order valence-corrected chi connectivity index (χ4v) is 1.48. The van der Waals surface area contributed by atoms with Crippen LogP contribution < -0.4 is 4.74 Å². The van der Waals surface area contributed by atoms with E-state index in [9.17, 15) is 18.3 Å². The second kappa shape index (κ2) is 5.18. The molecule has 0 amide bonds. The minimum Gasteiger partial charge on any atom is -0.488 e. The molecule has 0 aliphatic heterocycles. The maximum atomic E-state index is 12.2. The van der Waals surface area contributed by atoms with Crippen LogP contribution in [0.15, 0.2) is 24.3 Å². The number of rotatable bonds is 3. The van der Waals surface area contributed by atoms with Gasteiger partial charge in [0.25, 0.3) is 0 Å². The molecule has 18 heavy (non-hydrogen) atoms. The predicted molar refractivity (Wildman–Crippen MR) is 62.5 cm³/mol. The minimum absolute atomic E-state index is 0.203. The number of hydrogen-bond donors (Lipinski definition) is 1. The summed E-state index contributed by atoms with van der Waals surface area (Å²) in [5.41, 5.74) is -0.234. The fraction of sp³-hybridized carbons (Fsp3) is 0.538. The maximum absolute atomic E-state index is 12.2. The van der Waals surface area contributed by atoms with E-state index in [1.807, 2.05) is 20.8 Å². The molecular formula is C13H17F3O2. The van der Waals surface area contributed by atoms with Gasteiger partial charge in [0.2, 0.25) is 0 Å². The summed E-state index contributed by atoms with van der Waals surface area (Å²) in [5, 5.41) is 9.50. The van der Waals surface area contributed by atoms with Crippen molar-refractivity contribution in [2.75, 3.05) is 0 Å². The molecule has 1 rings (SSSR count). The summed E-state index contributed by atoms with van der Waals surface area (Å²) < 4.78 is 42.0. The zero-order valence-corrected chi connectivity index (χ0v) is 10.6. The standard InChI is InChI=1S/C13H17F3O2/c1-12(2,3)18-10-6-4-5-9(7-10)11(17)8-13(14,15)16/h4-7,11,17H,8H2,1-3H3. The smallest absolute Gasteiger partial charge is 0.391 e. The average molecular weight is 262 g/mol. The van der Waals surface area contributed by atoms with Gasteiger partial charge in [0.15, 0.2) is 0 Å². The molecule has 0 saturated carbocycles. The molecule has 0 bridgehead atoms. The molecule has 0 aliphatic rings. The van der Waals surface area contributed by atoms with E-state index < -0.39 is 24.3 Å². The van der Waals surface area contributed by atoms with Crippen molar-refractivity contribution in [3.63, 3.8) is 0 Å². The molecule has 1 atom stereocenters. The first-order valence-electron chi connectivity index (χ1n) is 5.61. The van der Waals surface area contributed by atoms with E-state index >= 15 is 0 Å². The Bertz CT molecular complexity index is 394. The van der Waals surface area contributed by atoms with Gasteiger partial charge in [0, 0.05) is 0 Å². The van der Waals surface area contributed by atoms with Crippen LogP contribution in [-0.2, 0) is 0 Å². The SMILES string of the molecule is CC(C)(C)Oc1cccc(C(O)CC(F)(F)F)c1. The minimum atomic E-state index is -4.39. The molecule has 0 radical (unpaired) electrons. The summed E-state index contributed by atoms with van der Waals surface area (Å²) in [7, 11) is 0. The quantitative estimate of drug-likeness (QED) is 0.896. The summed E-state index contributed by atoms with van der Waals surface area (Å²) in [5.74, 6) is 0.446. The van der Waals surface area contributed by atoms with E-state index in [-0.39, 0.29) is 5.56 Å². The zero-order valence-electron chi connectivity index (χ0n) is 10.6. The van der Waals surface area contributed by atoms with E-state index in [1.165, 1.54) is 12.1 Å². The van der Waals surface area contributed by atoms with Crippen LogP contribution in [0.5, 0.6) is 5.75 Å². The lowest BCUT2D eigenvalue weighted by molar-refractivity contribution is -0.154. The van der Waals surface area contributed by atoms with E-state index in [4.69, 9.17) is 4.74 Å². The molecule has 1 aromatic rings. The lowest BCUT2D eigenvalue weighted by atomic mass is 10.1. The number of alkyl halides is 3. The topological polar surface area (TPSA) is 29.5 Å². The van der Waals surface area contributed by atoms with Gasteiger partial charge in [-0.15, -0.1) is 0 Å². The normalized spacial score (nSPS) is 14.4. The average Bonchev–Trinajstić information content (AvgIpc) is 2.12. The Morgan fingerprint density at radius 1 is 1.22 bits per heavy atom. The van der Waals surface area contributed by atoms with Crippen LogP contribution in [0.2, 0.25) is 0 Å². The second-order valence-electron chi connectivity index (χ2n) is 5.12. The Balaban J connectivity index is 2.82. The Hall–Kier alpha value is -1.23. The van der Waals surface area contributed by atoms with Crippen LogP contribution in [0.4, 0.5) is 13.2 Å². The second-order valence-corrected chi connectivity index (χ2v) is 5.12. The summed E-state index contributed by atoms with van der Waals surface area (Å²) in [6, 6.07) is 6.10. The molecule has 0 aromatic heterocycles. The summed E-state index contributed by atoms with van der Waals surface area (Å²) in [6.07, 6.45) is -7.21. The van der Waals surface area contributed by atoms with E-state index in [2.05, 4.69) is 0 Å². The largest absolute Gasteiger partial charge is 0.488 e. The van der Waals surface area contributed by atoms with Crippen molar-refractivity contribution < 1.29 is 23.0 Å². The van der Waals surface area contributed by atoms with Gasteiger partial charge in [0.05, 0.1) is 12.5 Å². The monoisotopic (exact) mass is 262 g/mol. The first-order valence-corrected chi connectivity index (χ1v) is 5.61. The van der Waals surface area contributed by atoms with Gasteiger partial charge >= 0.3 is 6.18 Å². The molecule has 0 saturated heterocycles. The van der Waals surface area contributed by atoms with Gasteiger partial charge < -0.3 is 9.84 Å². The molecule has 0 aliphatic carbocycles. The van der Waals surface area contributed by atoms with Crippen LogP contribution in [0.1, 0.15) is 38.9 Å². The molecular weight excluding hydrogens is 245 g/mol. The molecule has 0 heterocycles. The van der Waals surface area contributed by atoms with Crippen molar-refractivity contribution >= 4 is 0 Å². The van der Waals surface area contributed by atoms with Crippen molar-refractivity contribution in [3.8, 4) is 5.75 Å². The molecule has 1 aromatic carbocycles. The van der Waals surface area contributed by atoms with Crippen molar-refractivity contribution in [3.05, 3.63) is 29.8 Å². The lowest BCUT2D eigenvalue weighted by Crippen LogP contribution is -2.23. The van der Waals surface area contributed by atoms with Crippen LogP contribution in [0, 0.1) is 0 Å². The molecule has 5 heteroatoms. The highest BCUT2D eigenvalue weighted by atomic mass is 19.4. The van der Waals surface area contributed by atoms with E-state index in [0.29, 0.717) is 5.75 Å². The number of hydrogen-bond acceptors (Lipinski definition) is 2. The molecule has 2 nitrogen and oxygen atoms in total. The van der Waals surface area contributed by atoms with Gasteiger partial charge in [-0.3, -0.25) is 0 Å². The van der Waals surface area contributed by atoms with Gasteiger partial charge in [-0.2, -0.15) is 13.2 Å². The number of aliphatic hydroxyl groups is 1. The van der Waals surface area contributed by atoms with Gasteiger partial charge in [0.1, 0.15) is 11.4 Å². The first-order chi connectivity index (χ1) is 8.07. The van der Waals surface area contributed by atoms with Crippen molar-refractivity contribution in [1.29, 1.82) is 0 Å². The Morgan fingerprint density at radius 3 is 2.33 bits per heavy atom. The van der Waals surface area contributed by atoms with Crippen molar-refractivity contribution in [2.45, 2.75) is 45.1 Å². The Kier molecular flexibility index (Phi) is 4.27. The lowest BCUT2D eigenvalue weighted by Gasteiger charge is -2.22. The third-order valence-electron chi connectivity index (χ3n) is 2.09. The number of aliphatic hydroxyl groups excluding tert-OH is 1. The molecule has 0 spiro atoms. The van der Waals surface area contributed by atoms with Crippen molar-refractivity contribution in [2.24, 2.45) is 0 Å². The molecule has 102 valence electrons. The third-order valence-corrected chi connectivity index (χ3v) is 2.09. The van der Waals surface area contributed by atoms with Crippen LogP contribution in [-0.4, -0.2) is 16.9 Å². The Morgan fingerprint density at radius 2 is 1.83 bits per heavy atom. The molecule has 1 N–H and O–H groups in total. The summed E-state index contributed by atoms with van der Waals surface area (Å²) in [4.78, 5) is 0. The predicted octanol–water partition coefficient (Wildman–Crippen LogP) is 3.85. The fourth-order valence-electron chi connectivity index (χ4n) is 1.48. The maximum Gasteiger partial charge on any atom is 0.391 e.